The number of halogens is 1. The predicted molar refractivity (Wildman–Crippen MR) is 69.7 cm³/mol. The Morgan fingerprint density at radius 1 is 1.16 bits per heavy atom. The molecule has 2 rings (SSSR count). The fourth-order valence-electron chi connectivity index (χ4n) is 1.67. The van der Waals surface area contributed by atoms with Gasteiger partial charge in [0.2, 0.25) is 0 Å². The van der Waals surface area contributed by atoms with Crippen LogP contribution in [0.3, 0.4) is 0 Å². The molecule has 2 aromatic carbocycles. The molecule has 0 heterocycles. The van der Waals surface area contributed by atoms with Crippen LogP contribution in [0.15, 0.2) is 53.7 Å². The summed E-state index contributed by atoms with van der Waals surface area (Å²) in [5.74, 6) is -0.270. The van der Waals surface area contributed by atoms with E-state index in [0.717, 1.165) is 0 Å². The maximum Gasteiger partial charge on any atom is 0.170 e. The van der Waals surface area contributed by atoms with Crippen LogP contribution in [0.5, 0.6) is 5.75 Å². The lowest BCUT2D eigenvalue weighted by atomic mass is 10.1. The molecule has 0 radical (unpaired) electrons. The van der Waals surface area contributed by atoms with E-state index in [4.69, 9.17) is 15.7 Å². The van der Waals surface area contributed by atoms with Gasteiger partial charge in [0.1, 0.15) is 6.61 Å². The first-order valence-corrected chi connectivity index (χ1v) is 5.65. The van der Waals surface area contributed by atoms with Crippen LogP contribution in [0.4, 0.5) is 4.39 Å². The van der Waals surface area contributed by atoms with E-state index in [0.29, 0.717) is 11.1 Å². The molecule has 0 unspecified atom stereocenters. The van der Waals surface area contributed by atoms with Crippen molar-refractivity contribution in [3.63, 3.8) is 0 Å². The van der Waals surface area contributed by atoms with E-state index in [1.54, 1.807) is 42.5 Å². The number of hydrogen-bond donors (Lipinski definition) is 2. The van der Waals surface area contributed by atoms with E-state index in [2.05, 4.69) is 5.16 Å². The van der Waals surface area contributed by atoms with Gasteiger partial charge in [0, 0.05) is 11.1 Å². The molecular formula is C14H13FN2O2. The lowest BCUT2D eigenvalue weighted by Crippen LogP contribution is -2.16. The lowest BCUT2D eigenvalue weighted by Gasteiger charge is -2.10. The second-order valence-corrected chi connectivity index (χ2v) is 3.86. The molecule has 0 aliphatic rings. The van der Waals surface area contributed by atoms with E-state index in [9.17, 15) is 4.39 Å². The van der Waals surface area contributed by atoms with Crippen LogP contribution in [-0.4, -0.2) is 11.0 Å². The summed E-state index contributed by atoms with van der Waals surface area (Å²) >= 11 is 0. The van der Waals surface area contributed by atoms with Crippen molar-refractivity contribution in [3.05, 3.63) is 65.5 Å². The van der Waals surface area contributed by atoms with Gasteiger partial charge in [0.05, 0.1) is 0 Å². The molecule has 0 aliphatic carbocycles. The molecule has 5 heteroatoms. The van der Waals surface area contributed by atoms with Crippen molar-refractivity contribution in [3.8, 4) is 5.75 Å². The van der Waals surface area contributed by atoms with Gasteiger partial charge in [-0.15, -0.1) is 0 Å². The van der Waals surface area contributed by atoms with E-state index < -0.39 is 5.82 Å². The Morgan fingerprint density at radius 3 is 2.58 bits per heavy atom. The molecule has 0 aromatic heterocycles. The highest BCUT2D eigenvalue weighted by atomic mass is 19.1. The molecule has 0 bridgehead atoms. The standard InChI is InChI=1S/C14H13FN2O2/c15-12-7-3-4-8-13(12)19-9-10-5-1-2-6-11(10)14(16)17-18/h1-8,18H,9H2,(H2,16,17). The summed E-state index contributed by atoms with van der Waals surface area (Å²) in [7, 11) is 0. The summed E-state index contributed by atoms with van der Waals surface area (Å²) in [5, 5.41) is 11.7. The summed E-state index contributed by atoms with van der Waals surface area (Å²) in [6, 6.07) is 13.2. The van der Waals surface area contributed by atoms with Crippen molar-refractivity contribution in [2.24, 2.45) is 10.9 Å². The molecule has 4 nitrogen and oxygen atoms in total. The first-order chi connectivity index (χ1) is 9.22. The first kappa shape index (κ1) is 12.9. The quantitative estimate of drug-likeness (QED) is 0.384. The van der Waals surface area contributed by atoms with E-state index >= 15 is 0 Å². The topological polar surface area (TPSA) is 67.8 Å². The van der Waals surface area contributed by atoms with Crippen LogP contribution < -0.4 is 10.5 Å². The Labute approximate surface area is 109 Å². The second-order valence-electron chi connectivity index (χ2n) is 3.86. The molecule has 0 saturated heterocycles. The highest BCUT2D eigenvalue weighted by molar-refractivity contribution is 5.98. The molecule has 0 saturated carbocycles. The lowest BCUT2D eigenvalue weighted by molar-refractivity contribution is 0.289. The van der Waals surface area contributed by atoms with Crippen LogP contribution in [0, 0.1) is 5.82 Å². The third-order valence-corrected chi connectivity index (χ3v) is 2.62. The van der Waals surface area contributed by atoms with Gasteiger partial charge in [-0.25, -0.2) is 4.39 Å². The van der Waals surface area contributed by atoms with Gasteiger partial charge in [-0.1, -0.05) is 41.6 Å². The monoisotopic (exact) mass is 260 g/mol. The summed E-state index contributed by atoms with van der Waals surface area (Å²) in [6.45, 7) is 0.132. The highest BCUT2D eigenvalue weighted by Gasteiger charge is 2.08. The Bertz CT molecular complexity index is 600. The number of oxime groups is 1. The zero-order valence-corrected chi connectivity index (χ0v) is 10.1. The van der Waals surface area contributed by atoms with Crippen LogP contribution in [0.1, 0.15) is 11.1 Å². The van der Waals surface area contributed by atoms with Gasteiger partial charge in [-0.2, -0.15) is 0 Å². The molecule has 3 N–H and O–H groups in total. The number of para-hydroxylation sites is 1. The SMILES string of the molecule is N/C(=N\O)c1ccccc1COc1ccccc1F. The van der Waals surface area contributed by atoms with Crippen LogP contribution >= 0.6 is 0 Å². The zero-order valence-electron chi connectivity index (χ0n) is 10.1. The molecule has 0 fully saturated rings. The Hall–Kier alpha value is -2.56. The van der Waals surface area contributed by atoms with E-state index in [1.165, 1.54) is 6.07 Å². The van der Waals surface area contributed by atoms with Crippen molar-refractivity contribution in [2.45, 2.75) is 6.61 Å². The zero-order chi connectivity index (χ0) is 13.7. The summed E-state index contributed by atoms with van der Waals surface area (Å²) in [4.78, 5) is 0. The fraction of sp³-hybridized carbons (Fsp3) is 0.0714. The molecule has 2 aromatic rings. The number of hydrogen-bond acceptors (Lipinski definition) is 3. The molecular weight excluding hydrogens is 247 g/mol. The van der Waals surface area contributed by atoms with E-state index in [1.807, 2.05) is 0 Å². The summed E-state index contributed by atoms with van der Waals surface area (Å²) < 4.78 is 18.8. The molecule has 0 spiro atoms. The van der Waals surface area contributed by atoms with E-state index in [-0.39, 0.29) is 18.2 Å². The summed E-state index contributed by atoms with van der Waals surface area (Å²) in [6.07, 6.45) is 0. The van der Waals surface area contributed by atoms with Crippen LogP contribution in [0.25, 0.3) is 0 Å². The smallest absolute Gasteiger partial charge is 0.170 e. The Balaban J connectivity index is 2.19. The molecule has 0 aliphatic heterocycles. The van der Waals surface area contributed by atoms with Crippen molar-refractivity contribution < 1.29 is 14.3 Å². The molecule has 98 valence electrons. The van der Waals surface area contributed by atoms with Crippen LogP contribution in [0.2, 0.25) is 0 Å². The normalized spacial score (nSPS) is 11.3. The molecule has 0 atom stereocenters. The van der Waals surface area contributed by atoms with Crippen molar-refractivity contribution >= 4 is 5.84 Å². The number of benzene rings is 2. The van der Waals surface area contributed by atoms with Gasteiger partial charge in [0.25, 0.3) is 0 Å². The fourth-order valence-corrected chi connectivity index (χ4v) is 1.67. The van der Waals surface area contributed by atoms with Gasteiger partial charge >= 0.3 is 0 Å². The van der Waals surface area contributed by atoms with Crippen molar-refractivity contribution in [1.82, 2.24) is 0 Å². The number of nitrogens with zero attached hydrogens (tertiary/aromatic N) is 1. The number of ether oxygens (including phenoxy) is 1. The Kier molecular flexibility index (Phi) is 3.97. The van der Waals surface area contributed by atoms with Crippen molar-refractivity contribution in [2.75, 3.05) is 0 Å². The average molecular weight is 260 g/mol. The van der Waals surface area contributed by atoms with Gasteiger partial charge in [0.15, 0.2) is 17.4 Å². The summed E-state index contributed by atoms with van der Waals surface area (Å²) in [5.41, 5.74) is 6.83. The number of rotatable bonds is 4. The van der Waals surface area contributed by atoms with Gasteiger partial charge in [-0.3, -0.25) is 0 Å². The van der Waals surface area contributed by atoms with Crippen LogP contribution in [-0.2, 0) is 6.61 Å². The van der Waals surface area contributed by atoms with Crippen molar-refractivity contribution in [1.29, 1.82) is 0 Å². The second kappa shape index (κ2) is 5.86. The molecule has 0 amide bonds. The highest BCUT2D eigenvalue weighted by Crippen LogP contribution is 2.18. The maximum atomic E-state index is 13.4. The largest absolute Gasteiger partial charge is 0.486 e. The minimum Gasteiger partial charge on any atom is -0.486 e. The first-order valence-electron chi connectivity index (χ1n) is 5.65. The minimum atomic E-state index is -0.427. The number of amidine groups is 1. The third kappa shape index (κ3) is 3.01. The van der Waals surface area contributed by atoms with Gasteiger partial charge < -0.3 is 15.7 Å². The Morgan fingerprint density at radius 2 is 1.84 bits per heavy atom. The number of nitrogens with two attached hydrogens (primary N) is 1. The molecule has 19 heavy (non-hydrogen) atoms. The third-order valence-electron chi connectivity index (χ3n) is 2.62. The average Bonchev–Trinajstić information content (AvgIpc) is 2.46. The maximum absolute atomic E-state index is 13.4. The van der Waals surface area contributed by atoms with Gasteiger partial charge in [-0.05, 0) is 12.1 Å². The predicted octanol–water partition coefficient (Wildman–Crippen LogP) is 2.50. The minimum absolute atomic E-state index is 0.00673.